The summed E-state index contributed by atoms with van der Waals surface area (Å²) in [5, 5.41) is 2.31. The highest BCUT2D eigenvalue weighted by Gasteiger charge is 2.25. The molecule has 3 nitrogen and oxygen atoms in total. The Labute approximate surface area is 115 Å². The van der Waals surface area contributed by atoms with Crippen LogP contribution in [0.1, 0.15) is 36.0 Å². The second-order valence-electron chi connectivity index (χ2n) is 4.77. The molecule has 0 radical (unpaired) electrons. The van der Waals surface area contributed by atoms with Crippen LogP contribution in [0, 0.1) is 11.6 Å². The van der Waals surface area contributed by atoms with E-state index in [2.05, 4.69) is 5.32 Å². The topological polar surface area (TPSA) is 55.1 Å². The number of nitrogens with two attached hydrogens (primary N) is 1. The summed E-state index contributed by atoms with van der Waals surface area (Å²) in [5.41, 5.74) is 5.55. The van der Waals surface area contributed by atoms with Crippen molar-refractivity contribution in [1.82, 2.24) is 5.32 Å². The second-order valence-corrected chi connectivity index (χ2v) is 5.18. The third-order valence-corrected chi connectivity index (χ3v) is 3.68. The molecule has 1 fully saturated rings. The molecule has 19 heavy (non-hydrogen) atoms. The van der Waals surface area contributed by atoms with E-state index in [-0.39, 0.29) is 22.7 Å². The lowest BCUT2D eigenvalue weighted by atomic mass is 9.91. The fourth-order valence-electron chi connectivity index (χ4n) is 2.28. The number of amides is 1. The van der Waals surface area contributed by atoms with Crippen LogP contribution in [0.2, 0.25) is 5.02 Å². The van der Waals surface area contributed by atoms with Gasteiger partial charge in [-0.2, -0.15) is 0 Å². The van der Waals surface area contributed by atoms with Gasteiger partial charge in [-0.1, -0.05) is 24.4 Å². The van der Waals surface area contributed by atoms with Crippen LogP contribution in [-0.4, -0.2) is 18.0 Å². The molecule has 0 bridgehead atoms. The number of nitrogens with one attached hydrogen (secondary N) is 1. The van der Waals surface area contributed by atoms with E-state index in [0.29, 0.717) is 0 Å². The van der Waals surface area contributed by atoms with E-state index < -0.39 is 17.5 Å². The zero-order chi connectivity index (χ0) is 14.0. The summed E-state index contributed by atoms with van der Waals surface area (Å²) in [6.07, 6.45) is 3.57. The molecule has 3 N–H and O–H groups in total. The van der Waals surface area contributed by atoms with Crippen molar-refractivity contribution in [1.29, 1.82) is 0 Å². The van der Waals surface area contributed by atoms with Crippen LogP contribution in [0.25, 0.3) is 0 Å². The van der Waals surface area contributed by atoms with E-state index in [1.807, 2.05) is 0 Å². The average molecular weight is 289 g/mol. The van der Waals surface area contributed by atoms with Crippen molar-refractivity contribution < 1.29 is 13.6 Å². The fourth-order valence-corrected chi connectivity index (χ4v) is 2.43. The van der Waals surface area contributed by atoms with Crippen molar-refractivity contribution in [3.8, 4) is 0 Å². The number of carbonyl (C=O) groups excluding carboxylic acids is 1. The van der Waals surface area contributed by atoms with Gasteiger partial charge in [-0.15, -0.1) is 0 Å². The molecule has 0 heterocycles. The predicted octanol–water partition coefficient (Wildman–Crippen LogP) is 2.62. The van der Waals surface area contributed by atoms with E-state index in [1.165, 1.54) is 0 Å². The molecule has 104 valence electrons. The molecule has 6 heteroatoms. The first-order valence-electron chi connectivity index (χ1n) is 6.20. The lowest BCUT2D eigenvalue weighted by molar-refractivity contribution is 0.0916. The number of hydrogen-bond acceptors (Lipinski definition) is 2. The second kappa shape index (κ2) is 5.84. The minimum Gasteiger partial charge on any atom is -0.348 e. The fraction of sp³-hybridized carbons (Fsp3) is 0.462. The molecule has 1 aromatic rings. The molecule has 0 aromatic heterocycles. The van der Waals surface area contributed by atoms with Gasteiger partial charge < -0.3 is 11.1 Å². The third kappa shape index (κ3) is 3.22. The summed E-state index contributed by atoms with van der Waals surface area (Å²) < 4.78 is 26.9. The Hall–Kier alpha value is -1.20. The van der Waals surface area contributed by atoms with Crippen molar-refractivity contribution in [2.45, 2.75) is 37.8 Å². The predicted molar refractivity (Wildman–Crippen MR) is 69.1 cm³/mol. The molecule has 0 unspecified atom stereocenters. The Bertz CT molecular complexity index is 496. The lowest BCUT2D eigenvalue weighted by Gasteiger charge is -2.29. The average Bonchev–Trinajstić information content (AvgIpc) is 2.36. The zero-order valence-corrected chi connectivity index (χ0v) is 11.0. The van der Waals surface area contributed by atoms with Crippen molar-refractivity contribution in [3.63, 3.8) is 0 Å². The zero-order valence-electron chi connectivity index (χ0n) is 10.3. The van der Waals surface area contributed by atoms with Crippen molar-refractivity contribution in [2.24, 2.45) is 5.73 Å². The molecular weight excluding hydrogens is 274 g/mol. The van der Waals surface area contributed by atoms with Gasteiger partial charge in [0.2, 0.25) is 0 Å². The molecule has 2 atom stereocenters. The van der Waals surface area contributed by atoms with Gasteiger partial charge in [0.05, 0.1) is 10.6 Å². The van der Waals surface area contributed by atoms with E-state index in [9.17, 15) is 13.6 Å². The van der Waals surface area contributed by atoms with Crippen LogP contribution in [0.15, 0.2) is 12.1 Å². The number of halogens is 3. The summed E-state index contributed by atoms with van der Waals surface area (Å²) >= 11 is 5.44. The van der Waals surface area contributed by atoms with E-state index >= 15 is 0 Å². The summed E-state index contributed by atoms with van der Waals surface area (Å²) in [4.78, 5) is 11.9. The highest BCUT2D eigenvalue weighted by atomic mass is 35.5. The maximum atomic E-state index is 13.6. The van der Waals surface area contributed by atoms with Crippen molar-refractivity contribution >= 4 is 17.5 Å². The van der Waals surface area contributed by atoms with Gasteiger partial charge in [-0.25, -0.2) is 8.78 Å². The summed E-state index contributed by atoms with van der Waals surface area (Å²) in [6.45, 7) is 0. The minimum absolute atomic E-state index is 0.141. The molecule has 1 saturated carbocycles. The quantitative estimate of drug-likeness (QED) is 0.822. The first kappa shape index (κ1) is 14.2. The molecule has 2 rings (SSSR count). The summed E-state index contributed by atoms with van der Waals surface area (Å²) in [7, 11) is 0. The number of benzene rings is 1. The van der Waals surface area contributed by atoms with Gasteiger partial charge in [0, 0.05) is 12.1 Å². The number of hydrogen-bond donors (Lipinski definition) is 2. The normalized spacial score (nSPS) is 23.2. The van der Waals surface area contributed by atoms with Gasteiger partial charge in [-0.05, 0) is 25.0 Å². The Morgan fingerprint density at radius 2 is 1.95 bits per heavy atom. The maximum absolute atomic E-state index is 13.6. The minimum atomic E-state index is -0.840. The first-order chi connectivity index (χ1) is 8.99. The van der Waals surface area contributed by atoms with E-state index in [0.717, 1.165) is 37.8 Å². The van der Waals surface area contributed by atoms with Crippen molar-refractivity contribution in [2.75, 3.05) is 0 Å². The Balaban J connectivity index is 2.13. The molecule has 1 aliphatic carbocycles. The lowest BCUT2D eigenvalue weighted by Crippen LogP contribution is -2.49. The largest absolute Gasteiger partial charge is 0.348 e. The van der Waals surface area contributed by atoms with Crippen LogP contribution in [-0.2, 0) is 0 Å². The Kier molecular flexibility index (Phi) is 4.37. The van der Waals surface area contributed by atoms with Crippen LogP contribution < -0.4 is 11.1 Å². The van der Waals surface area contributed by atoms with Gasteiger partial charge in [0.25, 0.3) is 5.91 Å². The van der Waals surface area contributed by atoms with Crippen LogP contribution >= 0.6 is 11.6 Å². The van der Waals surface area contributed by atoms with E-state index in [1.54, 1.807) is 0 Å². The summed E-state index contributed by atoms with van der Waals surface area (Å²) in [5.74, 6) is -2.31. The van der Waals surface area contributed by atoms with Crippen LogP contribution in [0.3, 0.4) is 0 Å². The molecular formula is C13H15ClF2N2O. The number of rotatable bonds is 2. The van der Waals surface area contributed by atoms with Gasteiger partial charge in [0.15, 0.2) is 0 Å². The highest BCUT2D eigenvalue weighted by Crippen LogP contribution is 2.21. The molecule has 1 amide bonds. The Morgan fingerprint density at radius 3 is 2.63 bits per heavy atom. The molecule has 0 spiro atoms. The molecule has 1 aliphatic rings. The standard InChI is InChI=1S/C13H15ClF2N2O/c14-8-6-9(15)7(5-10(8)16)13(19)18-12-4-2-1-3-11(12)17/h5-6,11-12H,1-4,17H2,(H,18,19)/t11-,12-/m1/s1. The maximum Gasteiger partial charge on any atom is 0.254 e. The monoisotopic (exact) mass is 288 g/mol. The smallest absolute Gasteiger partial charge is 0.254 e. The molecule has 0 aliphatic heterocycles. The van der Waals surface area contributed by atoms with Gasteiger partial charge in [0.1, 0.15) is 11.6 Å². The highest BCUT2D eigenvalue weighted by molar-refractivity contribution is 6.30. The van der Waals surface area contributed by atoms with Crippen LogP contribution in [0.5, 0.6) is 0 Å². The third-order valence-electron chi connectivity index (χ3n) is 3.39. The van der Waals surface area contributed by atoms with E-state index in [4.69, 9.17) is 17.3 Å². The van der Waals surface area contributed by atoms with Gasteiger partial charge >= 0.3 is 0 Å². The molecule has 1 aromatic carbocycles. The molecule has 0 saturated heterocycles. The SMILES string of the molecule is N[C@@H]1CCCC[C@H]1NC(=O)c1cc(F)c(Cl)cc1F. The van der Waals surface area contributed by atoms with Crippen molar-refractivity contribution in [3.05, 3.63) is 34.4 Å². The number of carbonyl (C=O) groups is 1. The Morgan fingerprint density at radius 1 is 1.26 bits per heavy atom. The van der Waals surface area contributed by atoms with Crippen LogP contribution in [0.4, 0.5) is 8.78 Å². The van der Waals surface area contributed by atoms with Gasteiger partial charge in [-0.3, -0.25) is 4.79 Å². The summed E-state index contributed by atoms with van der Waals surface area (Å²) in [6, 6.07) is 1.27. The first-order valence-corrected chi connectivity index (χ1v) is 6.58.